The van der Waals surface area contributed by atoms with Crippen molar-refractivity contribution >= 4 is 17.8 Å². The van der Waals surface area contributed by atoms with Crippen molar-refractivity contribution in [2.45, 2.75) is 99.3 Å². The molecule has 216 valence electrons. The quantitative estimate of drug-likeness (QED) is 0.307. The minimum absolute atomic E-state index is 0.0176. The first-order valence-electron chi connectivity index (χ1n) is 15.8. The van der Waals surface area contributed by atoms with E-state index in [0.717, 1.165) is 69.1 Å². The van der Waals surface area contributed by atoms with Crippen molar-refractivity contribution in [1.29, 1.82) is 0 Å². The Morgan fingerprint density at radius 2 is 1.73 bits per heavy atom. The molecule has 5 aliphatic carbocycles. The summed E-state index contributed by atoms with van der Waals surface area (Å²) < 4.78 is 0. The van der Waals surface area contributed by atoms with Gasteiger partial charge in [-0.1, -0.05) is 52.8 Å². The highest BCUT2D eigenvalue weighted by Gasteiger charge is 2.72. The van der Waals surface area contributed by atoms with Gasteiger partial charge in [-0.2, -0.15) is 0 Å². The van der Waals surface area contributed by atoms with Crippen LogP contribution in [0.1, 0.15) is 105 Å². The molecule has 0 amide bonds. The van der Waals surface area contributed by atoms with Gasteiger partial charge in [-0.05, 0) is 134 Å². The monoisotopic (exact) mass is 543 g/mol. The van der Waals surface area contributed by atoms with Crippen LogP contribution in [-0.2, 0) is 9.59 Å². The number of allylic oxidation sites excluding steroid dienone is 2. The maximum Gasteiger partial charge on any atom is 0.309 e. The molecule has 0 bridgehead atoms. The molecule has 1 N–H and O–H groups in total. The fraction of sp³-hybridized carbons (Fsp3) is 0.694. The molecule has 0 radical (unpaired) electrons. The van der Waals surface area contributed by atoms with Gasteiger partial charge in [0, 0.05) is 11.6 Å². The van der Waals surface area contributed by atoms with Gasteiger partial charge in [-0.25, -0.2) is 0 Å². The molecule has 9 atom stereocenters. The van der Waals surface area contributed by atoms with E-state index in [-0.39, 0.29) is 22.2 Å². The second kappa shape index (κ2) is 8.88. The Hall–Kier alpha value is -2.23. The molecule has 0 aromatic carbocycles. The lowest BCUT2D eigenvalue weighted by atomic mass is 9.32. The van der Waals surface area contributed by atoms with Gasteiger partial charge in [0.15, 0.2) is 5.78 Å². The van der Waals surface area contributed by atoms with E-state index in [0.29, 0.717) is 29.5 Å². The zero-order valence-electron chi connectivity index (χ0n) is 25.6. The molecule has 4 nitrogen and oxygen atoms in total. The summed E-state index contributed by atoms with van der Waals surface area (Å²) >= 11 is 0. The number of carboxylic acids is 1. The van der Waals surface area contributed by atoms with E-state index in [1.54, 1.807) is 6.20 Å². The number of carbonyl (C=O) groups is 2. The molecular formula is C36H49NO3. The first-order chi connectivity index (χ1) is 18.7. The zero-order chi connectivity index (χ0) is 28.9. The van der Waals surface area contributed by atoms with Crippen molar-refractivity contribution in [3.8, 4) is 0 Å². The Labute approximate surface area is 241 Å². The third-order valence-electron chi connectivity index (χ3n) is 14.1. The van der Waals surface area contributed by atoms with Crippen molar-refractivity contribution in [2.24, 2.45) is 56.7 Å². The first kappa shape index (κ1) is 27.9. The second-order valence-electron chi connectivity index (χ2n) is 15.8. The average Bonchev–Trinajstić information content (AvgIpc) is 3.30. The Bertz CT molecular complexity index is 1280. The number of aromatic nitrogens is 1. The maximum atomic E-state index is 13.9. The number of hydrogen-bond acceptors (Lipinski definition) is 3. The van der Waals surface area contributed by atoms with Crippen LogP contribution in [-0.4, -0.2) is 21.8 Å². The summed E-state index contributed by atoms with van der Waals surface area (Å²) in [6.45, 7) is 18.5. The van der Waals surface area contributed by atoms with E-state index in [4.69, 9.17) is 0 Å². The summed E-state index contributed by atoms with van der Waals surface area (Å²) in [5, 5.41) is 10.6. The average molecular weight is 544 g/mol. The highest BCUT2D eigenvalue weighted by atomic mass is 16.4. The summed E-state index contributed by atoms with van der Waals surface area (Å²) in [5.41, 5.74) is 2.20. The predicted octanol–water partition coefficient (Wildman–Crippen LogP) is 8.39. The molecule has 5 saturated carbocycles. The molecule has 40 heavy (non-hydrogen) atoms. The molecule has 1 heterocycles. The Morgan fingerprint density at radius 1 is 0.975 bits per heavy atom. The van der Waals surface area contributed by atoms with E-state index < -0.39 is 16.8 Å². The molecular weight excluding hydrogens is 494 g/mol. The molecule has 1 aromatic rings. The van der Waals surface area contributed by atoms with Gasteiger partial charge in [0.2, 0.25) is 0 Å². The van der Waals surface area contributed by atoms with Crippen LogP contribution < -0.4 is 0 Å². The lowest BCUT2D eigenvalue weighted by Crippen LogP contribution is -2.67. The van der Waals surface area contributed by atoms with Gasteiger partial charge in [-0.15, -0.1) is 0 Å². The molecule has 0 aliphatic heterocycles. The maximum absolute atomic E-state index is 13.9. The Balaban J connectivity index is 1.42. The van der Waals surface area contributed by atoms with Crippen molar-refractivity contribution < 1.29 is 14.7 Å². The Kier molecular flexibility index (Phi) is 6.20. The van der Waals surface area contributed by atoms with Crippen LogP contribution in [0.2, 0.25) is 0 Å². The number of Topliss-reactive ketones (excluding diaryl/α,β-unsaturated/α-hetero) is 1. The van der Waals surface area contributed by atoms with Crippen LogP contribution in [0.15, 0.2) is 42.1 Å². The van der Waals surface area contributed by atoms with Crippen molar-refractivity contribution in [1.82, 2.24) is 4.98 Å². The second-order valence-corrected chi connectivity index (χ2v) is 15.8. The third kappa shape index (κ3) is 3.46. The topological polar surface area (TPSA) is 67.3 Å². The summed E-state index contributed by atoms with van der Waals surface area (Å²) in [7, 11) is 0. The molecule has 0 unspecified atom stereocenters. The lowest BCUT2D eigenvalue weighted by Gasteiger charge is -2.72. The molecule has 0 saturated heterocycles. The van der Waals surface area contributed by atoms with Gasteiger partial charge < -0.3 is 5.11 Å². The summed E-state index contributed by atoms with van der Waals surface area (Å²) in [6.07, 6.45) is 12.7. The van der Waals surface area contributed by atoms with Gasteiger partial charge >= 0.3 is 5.97 Å². The number of rotatable bonds is 3. The third-order valence-corrected chi connectivity index (χ3v) is 14.1. The number of ketones is 1. The highest BCUT2D eigenvalue weighted by Crippen LogP contribution is 2.77. The van der Waals surface area contributed by atoms with E-state index >= 15 is 0 Å². The van der Waals surface area contributed by atoms with Gasteiger partial charge in [0.1, 0.15) is 0 Å². The molecule has 5 fully saturated rings. The number of carbonyl (C=O) groups excluding carboxylic acids is 1. The molecule has 1 aromatic heterocycles. The van der Waals surface area contributed by atoms with E-state index in [1.165, 1.54) is 5.57 Å². The van der Waals surface area contributed by atoms with Crippen LogP contribution >= 0.6 is 0 Å². The van der Waals surface area contributed by atoms with Crippen LogP contribution in [0.5, 0.6) is 0 Å². The van der Waals surface area contributed by atoms with Crippen LogP contribution in [0.25, 0.3) is 6.08 Å². The number of fused-ring (bicyclic) bond motifs is 7. The lowest BCUT2D eigenvalue weighted by molar-refractivity contribution is -0.231. The van der Waals surface area contributed by atoms with Crippen LogP contribution in [0.4, 0.5) is 0 Å². The zero-order valence-corrected chi connectivity index (χ0v) is 25.6. The minimum Gasteiger partial charge on any atom is -0.481 e. The van der Waals surface area contributed by atoms with Gasteiger partial charge in [0.05, 0.1) is 11.1 Å². The molecule has 6 rings (SSSR count). The van der Waals surface area contributed by atoms with E-state index in [1.807, 2.05) is 18.2 Å². The van der Waals surface area contributed by atoms with Gasteiger partial charge in [0.25, 0.3) is 0 Å². The van der Waals surface area contributed by atoms with Crippen LogP contribution in [0, 0.1) is 56.7 Å². The number of carboxylic acid groups (broad SMARTS) is 1. The first-order valence-corrected chi connectivity index (χ1v) is 15.8. The molecule has 5 aliphatic rings. The number of hydrogen-bond donors (Lipinski definition) is 1. The van der Waals surface area contributed by atoms with Crippen molar-refractivity contribution in [3.63, 3.8) is 0 Å². The fourth-order valence-electron chi connectivity index (χ4n) is 12.1. The highest BCUT2D eigenvalue weighted by molar-refractivity contribution is 6.04. The van der Waals surface area contributed by atoms with Gasteiger partial charge in [-0.3, -0.25) is 14.6 Å². The Morgan fingerprint density at radius 3 is 2.38 bits per heavy atom. The fourth-order valence-corrected chi connectivity index (χ4v) is 12.1. The van der Waals surface area contributed by atoms with Crippen molar-refractivity contribution in [3.05, 3.63) is 47.8 Å². The normalized spacial score (nSPS) is 46.6. The van der Waals surface area contributed by atoms with Crippen molar-refractivity contribution in [2.75, 3.05) is 0 Å². The summed E-state index contributed by atoms with van der Waals surface area (Å²) in [5.74, 6) is 1.49. The SMILES string of the molecule is C=C(C)[C@@H]1CC[C@]2(C(=O)O)CC[C@]3(C)[C@H](CC[C@@H]4[C@@]5(C)C/C(=C/c6ccccn6)C(=O)C(C)(C)[C@@H]5CC[C@]43C)[C@@H]12. The molecule has 0 spiro atoms. The van der Waals surface area contributed by atoms with Crippen LogP contribution in [0.3, 0.4) is 0 Å². The minimum atomic E-state index is -0.587. The number of pyridine rings is 1. The number of aliphatic carboxylic acids is 1. The van der Waals surface area contributed by atoms with E-state index in [2.05, 4.69) is 59.2 Å². The number of nitrogens with zero attached hydrogens (tertiary/aromatic N) is 1. The smallest absolute Gasteiger partial charge is 0.309 e. The summed E-state index contributed by atoms with van der Waals surface area (Å²) in [4.78, 5) is 31.4. The summed E-state index contributed by atoms with van der Waals surface area (Å²) in [6, 6.07) is 5.91. The van der Waals surface area contributed by atoms with E-state index in [9.17, 15) is 14.7 Å². The standard InChI is InChI=1S/C36H49NO3/c1-22(2)25-13-16-36(31(39)40)18-17-34(6)26(29(25)36)11-12-28-33(5)21-23(20-24-10-8-9-19-37-24)30(38)32(3,4)27(33)14-15-35(28,34)7/h8-10,19-20,25-29H,1,11-18,21H2,2-7H3,(H,39,40)/b23-20-/t25-,26+,27-,28+,29+,33-,34+,35+,36-/m0/s1. The predicted molar refractivity (Wildman–Crippen MR) is 159 cm³/mol. The molecule has 4 heteroatoms. The largest absolute Gasteiger partial charge is 0.481 e.